The molecule has 7 heteroatoms. The quantitative estimate of drug-likeness (QED) is 0.688. The van der Waals surface area contributed by atoms with Crippen LogP contribution in [0.4, 0.5) is 5.69 Å². The molecule has 0 aromatic heterocycles. The summed E-state index contributed by atoms with van der Waals surface area (Å²) in [6.45, 7) is 3.48. The lowest BCUT2D eigenvalue weighted by molar-refractivity contribution is -0.153. The number of esters is 1. The fraction of sp³-hybridized carbons (Fsp3) is 0.300. The molecule has 0 radical (unpaired) electrons. The van der Waals surface area contributed by atoms with Crippen molar-refractivity contribution in [2.24, 2.45) is 0 Å². The van der Waals surface area contributed by atoms with Crippen LogP contribution in [0.2, 0.25) is 5.02 Å². The minimum absolute atomic E-state index is 0.0376. The molecule has 27 heavy (non-hydrogen) atoms. The number of rotatable bonds is 8. The maximum atomic E-state index is 12.3. The first-order valence-corrected chi connectivity index (χ1v) is 8.81. The summed E-state index contributed by atoms with van der Waals surface area (Å²) in [5, 5.41) is 3.22. The minimum atomic E-state index is -0.963. The van der Waals surface area contributed by atoms with Gasteiger partial charge < -0.3 is 19.5 Å². The second kappa shape index (κ2) is 9.83. The van der Waals surface area contributed by atoms with Gasteiger partial charge in [0.25, 0.3) is 5.91 Å². The molecule has 1 amide bonds. The molecule has 2 rings (SSSR count). The average molecular weight is 392 g/mol. The van der Waals surface area contributed by atoms with Crippen LogP contribution < -0.4 is 14.8 Å². The standard InChI is InChI=1S/C20H22ClNO5/c1-13-11-17(18(25-3)12-16(13)21)22-20(24)14(2)27-19(23)9-10-26-15-7-5-4-6-8-15/h4-8,11-12,14H,9-10H2,1-3H3,(H,22,24). The van der Waals surface area contributed by atoms with Crippen LogP contribution in [0.25, 0.3) is 0 Å². The van der Waals surface area contributed by atoms with E-state index in [0.717, 1.165) is 5.56 Å². The molecule has 1 unspecified atom stereocenters. The molecule has 0 heterocycles. The zero-order chi connectivity index (χ0) is 19.8. The number of carbonyl (C=O) groups excluding carboxylic acids is 2. The summed E-state index contributed by atoms with van der Waals surface area (Å²) >= 11 is 6.05. The van der Waals surface area contributed by atoms with Crippen LogP contribution in [0.5, 0.6) is 11.5 Å². The fourth-order valence-corrected chi connectivity index (χ4v) is 2.40. The van der Waals surface area contributed by atoms with Gasteiger partial charge in [-0.3, -0.25) is 9.59 Å². The number of aryl methyl sites for hydroxylation is 1. The van der Waals surface area contributed by atoms with Crippen LogP contribution in [0.15, 0.2) is 42.5 Å². The van der Waals surface area contributed by atoms with Crippen molar-refractivity contribution in [3.8, 4) is 11.5 Å². The number of ether oxygens (including phenoxy) is 3. The van der Waals surface area contributed by atoms with E-state index in [9.17, 15) is 9.59 Å². The Bertz CT molecular complexity index is 794. The lowest BCUT2D eigenvalue weighted by atomic mass is 10.2. The molecule has 0 aliphatic carbocycles. The van der Waals surface area contributed by atoms with Gasteiger partial charge in [0.2, 0.25) is 0 Å². The van der Waals surface area contributed by atoms with E-state index in [1.165, 1.54) is 14.0 Å². The van der Waals surface area contributed by atoms with E-state index in [2.05, 4.69) is 5.32 Å². The molecule has 0 fully saturated rings. The minimum Gasteiger partial charge on any atom is -0.495 e. The highest BCUT2D eigenvalue weighted by atomic mass is 35.5. The molecule has 0 aliphatic heterocycles. The Labute approximate surface area is 163 Å². The van der Waals surface area contributed by atoms with Gasteiger partial charge in [0.05, 0.1) is 25.8 Å². The molecule has 0 spiro atoms. The highest BCUT2D eigenvalue weighted by Gasteiger charge is 2.20. The Morgan fingerprint density at radius 2 is 1.89 bits per heavy atom. The largest absolute Gasteiger partial charge is 0.495 e. The molecular formula is C20H22ClNO5. The van der Waals surface area contributed by atoms with Gasteiger partial charge in [0, 0.05) is 11.1 Å². The van der Waals surface area contributed by atoms with Crippen molar-refractivity contribution >= 4 is 29.2 Å². The van der Waals surface area contributed by atoms with E-state index in [4.69, 9.17) is 25.8 Å². The Morgan fingerprint density at radius 1 is 1.19 bits per heavy atom. The normalized spacial score (nSPS) is 11.4. The highest BCUT2D eigenvalue weighted by Crippen LogP contribution is 2.31. The predicted octanol–water partition coefficient (Wildman–Crippen LogP) is 4.00. The van der Waals surface area contributed by atoms with Gasteiger partial charge in [-0.15, -0.1) is 0 Å². The predicted molar refractivity (Wildman–Crippen MR) is 103 cm³/mol. The topological polar surface area (TPSA) is 73.9 Å². The van der Waals surface area contributed by atoms with Crippen molar-refractivity contribution in [3.63, 3.8) is 0 Å². The highest BCUT2D eigenvalue weighted by molar-refractivity contribution is 6.31. The van der Waals surface area contributed by atoms with Gasteiger partial charge >= 0.3 is 5.97 Å². The van der Waals surface area contributed by atoms with Crippen molar-refractivity contribution in [3.05, 3.63) is 53.1 Å². The molecular weight excluding hydrogens is 370 g/mol. The number of halogens is 1. The molecule has 2 aromatic rings. The van der Waals surface area contributed by atoms with Gasteiger partial charge in [-0.25, -0.2) is 0 Å². The Hall–Kier alpha value is -2.73. The van der Waals surface area contributed by atoms with E-state index in [1.54, 1.807) is 24.3 Å². The monoisotopic (exact) mass is 391 g/mol. The van der Waals surface area contributed by atoms with Crippen molar-refractivity contribution < 1.29 is 23.8 Å². The van der Waals surface area contributed by atoms with Crippen LogP contribution in [0.1, 0.15) is 18.9 Å². The SMILES string of the molecule is COc1cc(Cl)c(C)cc1NC(=O)C(C)OC(=O)CCOc1ccccc1. The van der Waals surface area contributed by atoms with Crippen molar-refractivity contribution in [1.29, 1.82) is 0 Å². The number of para-hydroxylation sites is 1. The second-order valence-corrected chi connectivity index (χ2v) is 6.24. The number of hydrogen-bond acceptors (Lipinski definition) is 5. The fourth-order valence-electron chi connectivity index (χ4n) is 2.24. The molecule has 144 valence electrons. The molecule has 6 nitrogen and oxygen atoms in total. The summed E-state index contributed by atoms with van der Waals surface area (Å²) in [6, 6.07) is 12.5. The van der Waals surface area contributed by atoms with Crippen molar-refractivity contribution in [2.45, 2.75) is 26.4 Å². The van der Waals surface area contributed by atoms with E-state index in [0.29, 0.717) is 22.2 Å². The van der Waals surface area contributed by atoms with Gasteiger partial charge in [0.15, 0.2) is 6.10 Å². The van der Waals surface area contributed by atoms with Crippen molar-refractivity contribution in [2.75, 3.05) is 19.0 Å². The maximum Gasteiger partial charge on any atom is 0.310 e. The second-order valence-electron chi connectivity index (χ2n) is 5.83. The average Bonchev–Trinajstić information content (AvgIpc) is 2.65. The molecule has 0 bridgehead atoms. The van der Waals surface area contributed by atoms with Crippen LogP contribution in [-0.4, -0.2) is 31.7 Å². The molecule has 2 aromatic carbocycles. The summed E-state index contributed by atoms with van der Waals surface area (Å²) in [4.78, 5) is 24.2. The van der Waals surface area contributed by atoms with Crippen LogP contribution in [-0.2, 0) is 14.3 Å². The summed E-state index contributed by atoms with van der Waals surface area (Å²) < 4.78 is 15.8. The zero-order valence-corrected chi connectivity index (χ0v) is 16.2. The Kier molecular flexibility index (Phi) is 7.49. The summed E-state index contributed by atoms with van der Waals surface area (Å²) in [5.74, 6) is 0.107. The first kappa shape index (κ1) is 20.6. The van der Waals surface area contributed by atoms with Gasteiger partial charge in [-0.2, -0.15) is 0 Å². The maximum absolute atomic E-state index is 12.3. The molecule has 1 N–H and O–H groups in total. The van der Waals surface area contributed by atoms with Crippen LogP contribution >= 0.6 is 11.6 Å². The molecule has 1 atom stereocenters. The lowest BCUT2D eigenvalue weighted by Gasteiger charge is -2.16. The van der Waals surface area contributed by atoms with Gasteiger partial charge in [0.1, 0.15) is 11.5 Å². The molecule has 0 saturated heterocycles. The third kappa shape index (κ3) is 6.18. The first-order chi connectivity index (χ1) is 12.9. The summed E-state index contributed by atoms with van der Waals surface area (Å²) in [5.41, 5.74) is 1.25. The number of benzene rings is 2. The van der Waals surface area contributed by atoms with E-state index in [1.807, 2.05) is 25.1 Å². The Morgan fingerprint density at radius 3 is 2.56 bits per heavy atom. The smallest absolute Gasteiger partial charge is 0.310 e. The number of methoxy groups -OCH3 is 1. The van der Waals surface area contributed by atoms with Crippen LogP contribution in [0.3, 0.4) is 0 Å². The third-order valence-electron chi connectivity index (χ3n) is 3.73. The lowest BCUT2D eigenvalue weighted by Crippen LogP contribution is -2.30. The molecule has 0 saturated carbocycles. The summed E-state index contributed by atoms with van der Waals surface area (Å²) in [7, 11) is 1.48. The summed E-state index contributed by atoms with van der Waals surface area (Å²) in [6.07, 6.45) is -0.925. The van der Waals surface area contributed by atoms with Crippen LogP contribution in [0, 0.1) is 6.92 Å². The third-order valence-corrected chi connectivity index (χ3v) is 4.14. The number of nitrogens with one attached hydrogen (secondary N) is 1. The van der Waals surface area contributed by atoms with E-state index in [-0.39, 0.29) is 13.0 Å². The van der Waals surface area contributed by atoms with Gasteiger partial charge in [-0.1, -0.05) is 29.8 Å². The number of amides is 1. The number of carbonyl (C=O) groups is 2. The number of anilines is 1. The molecule has 0 aliphatic rings. The van der Waals surface area contributed by atoms with E-state index < -0.39 is 18.0 Å². The zero-order valence-electron chi connectivity index (χ0n) is 15.5. The van der Waals surface area contributed by atoms with Crippen molar-refractivity contribution in [1.82, 2.24) is 0 Å². The van der Waals surface area contributed by atoms with Gasteiger partial charge in [-0.05, 0) is 37.6 Å². The Balaban J connectivity index is 1.84. The first-order valence-electron chi connectivity index (χ1n) is 8.43. The van der Waals surface area contributed by atoms with E-state index >= 15 is 0 Å². The number of hydrogen-bond donors (Lipinski definition) is 1.